The Kier molecular flexibility index (Phi) is 5.29. The maximum absolute atomic E-state index is 6.16. The first-order chi connectivity index (χ1) is 9.81. The van der Waals surface area contributed by atoms with Gasteiger partial charge in [0.1, 0.15) is 0 Å². The lowest BCUT2D eigenvalue weighted by molar-refractivity contribution is -0.0891. The van der Waals surface area contributed by atoms with Crippen molar-refractivity contribution in [2.75, 3.05) is 31.8 Å². The molecule has 0 aromatic heterocycles. The predicted octanol–water partition coefficient (Wildman–Crippen LogP) is 2.84. The van der Waals surface area contributed by atoms with Crippen LogP contribution in [0.15, 0.2) is 0 Å². The quantitative estimate of drug-likeness (QED) is 0.865. The van der Waals surface area contributed by atoms with E-state index in [0.717, 1.165) is 19.1 Å². The molecule has 3 aliphatic heterocycles. The topological polar surface area (TPSA) is 30.5 Å². The minimum atomic E-state index is 0.204. The van der Waals surface area contributed by atoms with Crippen LogP contribution in [-0.4, -0.2) is 49.5 Å². The fraction of sp³-hybridized carbons (Fsp3) is 1.00. The predicted molar refractivity (Wildman–Crippen MR) is 84.4 cm³/mol. The van der Waals surface area contributed by atoms with Gasteiger partial charge in [-0.05, 0) is 63.7 Å². The molecule has 4 atom stereocenters. The van der Waals surface area contributed by atoms with E-state index >= 15 is 0 Å². The van der Waals surface area contributed by atoms with Crippen molar-refractivity contribution in [3.63, 3.8) is 0 Å². The number of nitrogens with one attached hydrogen (secondary N) is 1. The van der Waals surface area contributed by atoms with Crippen molar-refractivity contribution >= 4 is 11.8 Å². The zero-order valence-corrected chi connectivity index (χ0v) is 13.6. The van der Waals surface area contributed by atoms with Gasteiger partial charge < -0.3 is 14.8 Å². The van der Waals surface area contributed by atoms with Crippen molar-refractivity contribution < 1.29 is 9.47 Å². The summed E-state index contributed by atoms with van der Waals surface area (Å²) < 4.78 is 12.1. The molecule has 3 rings (SSSR count). The van der Waals surface area contributed by atoms with Crippen molar-refractivity contribution in [3.8, 4) is 0 Å². The molecule has 0 aromatic rings. The summed E-state index contributed by atoms with van der Waals surface area (Å²) in [4.78, 5) is 0. The molecule has 3 nitrogen and oxygen atoms in total. The number of rotatable bonds is 4. The van der Waals surface area contributed by atoms with Gasteiger partial charge in [0, 0.05) is 25.0 Å². The first-order valence-corrected chi connectivity index (χ1v) is 9.47. The van der Waals surface area contributed by atoms with Crippen LogP contribution in [0.4, 0.5) is 0 Å². The van der Waals surface area contributed by atoms with Crippen LogP contribution >= 0.6 is 11.8 Å². The molecule has 0 saturated carbocycles. The third kappa shape index (κ3) is 3.52. The van der Waals surface area contributed by atoms with Crippen LogP contribution in [0, 0.1) is 5.92 Å². The summed E-state index contributed by atoms with van der Waals surface area (Å²) in [7, 11) is 2.12. The van der Waals surface area contributed by atoms with E-state index in [-0.39, 0.29) is 5.60 Å². The average molecular weight is 299 g/mol. The fourth-order valence-electron chi connectivity index (χ4n) is 4.09. The van der Waals surface area contributed by atoms with Gasteiger partial charge in [0.25, 0.3) is 0 Å². The lowest BCUT2D eigenvalue weighted by Crippen LogP contribution is -2.47. The Hall–Kier alpha value is 0.230. The highest BCUT2D eigenvalue weighted by atomic mass is 32.2. The fourth-order valence-corrected chi connectivity index (χ4v) is 5.47. The van der Waals surface area contributed by atoms with Gasteiger partial charge >= 0.3 is 0 Å². The molecular formula is C16H29NO2S. The van der Waals surface area contributed by atoms with Gasteiger partial charge in [-0.1, -0.05) is 0 Å². The Morgan fingerprint density at radius 2 is 2.25 bits per heavy atom. The third-order valence-corrected chi connectivity index (χ3v) is 6.55. The van der Waals surface area contributed by atoms with E-state index in [2.05, 4.69) is 24.1 Å². The van der Waals surface area contributed by atoms with E-state index in [1.807, 2.05) is 0 Å². The molecule has 3 fully saturated rings. The Balaban J connectivity index is 1.57. The molecule has 1 spiro atoms. The van der Waals surface area contributed by atoms with E-state index < -0.39 is 0 Å². The van der Waals surface area contributed by atoms with Crippen LogP contribution in [0.2, 0.25) is 0 Å². The molecule has 0 amide bonds. The second-order valence-corrected chi connectivity index (χ2v) is 7.81. The Bertz CT molecular complexity index is 301. The van der Waals surface area contributed by atoms with Gasteiger partial charge in [0.05, 0.1) is 11.7 Å². The van der Waals surface area contributed by atoms with Crippen LogP contribution in [-0.2, 0) is 9.47 Å². The molecule has 0 aliphatic carbocycles. The minimum Gasteiger partial charge on any atom is -0.378 e. The molecule has 3 saturated heterocycles. The summed E-state index contributed by atoms with van der Waals surface area (Å²) in [5.41, 5.74) is 0.204. The van der Waals surface area contributed by atoms with Gasteiger partial charge in [0.2, 0.25) is 0 Å². The normalized spacial score (nSPS) is 40.0. The lowest BCUT2D eigenvalue weighted by Gasteiger charge is -2.42. The molecule has 3 aliphatic rings. The number of hydrogen-bond acceptors (Lipinski definition) is 4. The second kappa shape index (κ2) is 6.99. The monoisotopic (exact) mass is 299 g/mol. The van der Waals surface area contributed by atoms with E-state index in [0.29, 0.717) is 12.1 Å². The molecule has 0 aromatic carbocycles. The zero-order valence-electron chi connectivity index (χ0n) is 12.7. The van der Waals surface area contributed by atoms with Crippen LogP contribution in [0.5, 0.6) is 0 Å². The lowest BCUT2D eigenvalue weighted by atomic mass is 9.79. The van der Waals surface area contributed by atoms with Crippen LogP contribution in [0.1, 0.15) is 44.9 Å². The number of ether oxygens (including phenoxy) is 2. The SMILES string of the molecule is CNC(CC1CCCCO1)C1CCOC2(CCSC2)C1. The first-order valence-electron chi connectivity index (χ1n) is 8.32. The Morgan fingerprint density at radius 3 is 2.95 bits per heavy atom. The summed E-state index contributed by atoms with van der Waals surface area (Å²) in [6, 6.07) is 0.601. The van der Waals surface area contributed by atoms with Crippen LogP contribution < -0.4 is 5.32 Å². The van der Waals surface area contributed by atoms with Gasteiger partial charge in [-0.15, -0.1) is 0 Å². The molecule has 4 unspecified atom stereocenters. The highest BCUT2D eigenvalue weighted by Crippen LogP contribution is 2.42. The molecule has 0 bridgehead atoms. The summed E-state index contributed by atoms with van der Waals surface area (Å²) in [6.07, 6.45) is 9.23. The summed E-state index contributed by atoms with van der Waals surface area (Å²) in [5.74, 6) is 3.25. The molecule has 20 heavy (non-hydrogen) atoms. The maximum Gasteiger partial charge on any atom is 0.0783 e. The molecule has 0 radical (unpaired) electrons. The van der Waals surface area contributed by atoms with Crippen LogP contribution in [0.25, 0.3) is 0 Å². The Labute approximate surface area is 127 Å². The molecule has 1 N–H and O–H groups in total. The Morgan fingerprint density at radius 1 is 1.30 bits per heavy atom. The summed E-state index contributed by atoms with van der Waals surface area (Å²) in [5, 5.41) is 3.58. The highest BCUT2D eigenvalue weighted by Gasteiger charge is 2.42. The van der Waals surface area contributed by atoms with Crippen molar-refractivity contribution in [2.24, 2.45) is 5.92 Å². The van der Waals surface area contributed by atoms with E-state index in [9.17, 15) is 0 Å². The summed E-state index contributed by atoms with van der Waals surface area (Å²) >= 11 is 2.07. The van der Waals surface area contributed by atoms with Crippen LogP contribution in [0.3, 0.4) is 0 Å². The number of hydrogen-bond donors (Lipinski definition) is 1. The standard InChI is InChI=1S/C16H29NO2S/c1-17-15(10-14-4-2-3-7-18-14)13-5-8-19-16(11-13)6-9-20-12-16/h13-15,17H,2-12H2,1H3. The molecular weight excluding hydrogens is 270 g/mol. The summed E-state index contributed by atoms with van der Waals surface area (Å²) in [6.45, 7) is 1.92. The van der Waals surface area contributed by atoms with Crippen molar-refractivity contribution in [1.29, 1.82) is 0 Å². The van der Waals surface area contributed by atoms with Gasteiger partial charge in [-0.3, -0.25) is 0 Å². The second-order valence-electron chi connectivity index (χ2n) is 6.71. The van der Waals surface area contributed by atoms with E-state index in [1.165, 1.54) is 56.5 Å². The first kappa shape index (κ1) is 15.1. The van der Waals surface area contributed by atoms with Gasteiger partial charge in [-0.25, -0.2) is 0 Å². The molecule has 116 valence electrons. The smallest absolute Gasteiger partial charge is 0.0783 e. The molecule has 4 heteroatoms. The van der Waals surface area contributed by atoms with E-state index in [4.69, 9.17) is 9.47 Å². The average Bonchev–Trinajstić information content (AvgIpc) is 2.93. The maximum atomic E-state index is 6.16. The molecule has 3 heterocycles. The van der Waals surface area contributed by atoms with Crippen molar-refractivity contribution in [3.05, 3.63) is 0 Å². The van der Waals surface area contributed by atoms with Gasteiger partial charge in [0.15, 0.2) is 0 Å². The largest absolute Gasteiger partial charge is 0.378 e. The number of thioether (sulfide) groups is 1. The van der Waals surface area contributed by atoms with Crippen molar-refractivity contribution in [1.82, 2.24) is 5.32 Å². The van der Waals surface area contributed by atoms with Gasteiger partial charge in [-0.2, -0.15) is 11.8 Å². The third-order valence-electron chi connectivity index (χ3n) is 5.33. The van der Waals surface area contributed by atoms with E-state index in [1.54, 1.807) is 0 Å². The minimum absolute atomic E-state index is 0.204. The zero-order chi connectivity index (χ0) is 13.8. The highest BCUT2D eigenvalue weighted by molar-refractivity contribution is 7.99. The van der Waals surface area contributed by atoms with Crippen molar-refractivity contribution in [2.45, 2.75) is 62.7 Å².